The molecule has 2 rings (SSSR count). The van der Waals surface area contributed by atoms with E-state index in [0.717, 1.165) is 23.8 Å². The van der Waals surface area contributed by atoms with Crippen molar-refractivity contribution in [2.24, 2.45) is 0 Å². The summed E-state index contributed by atoms with van der Waals surface area (Å²) in [4.78, 5) is 11.4. The normalized spacial score (nSPS) is 23.4. The summed E-state index contributed by atoms with van der Waals surface area (Å²) in [5, 5.41) is 3.55. The third kappa shape index (κ3) is 3.44. The van der Waals surface area contributed by atoms with Gasteiger partial charge in [-0.3, -0.25) is 4.98 Å². The predicted octanol–water partition coefficient (Wildman–Crippen LogP) is 2.45. The molecule has 1 N–H and O–H groups in total. The lowest BCUT2D eigenvalue weighted by atomic mass is 9.90. The lowest BCUT2D eigenvalue weighted by Gasteiger charge is -2.35. The van der Waals surface area contributed by atoms with Crippen LogP contribution < -0.4 is 10.2 Å². The molecule has 0 radical (unpaired) electrons. The van der Waals surface area contributed by atoms with Gasteiger partial charge in [-0.15, -0.1) is 0 Å². The first-order valence-corrected chi connectivity index (χ1v) is 7.38. The van der Waals surface area contributed by atoms with Gasteiger partial charge < -0.3 is 10.2 Å². The van der Waals surface area contributed by atoms with Crippen molar-refractivity contribution in [1.29, 1.82) is 0 Å². The van der Waals surface area contributed by atoms with Crippen molar-refractivity contribution in [3.05, 3.63) is 17.6 Å². The first kappa shape index (κ1) is 14.3. The van der Waals surface area contributed by atoms with Crippen LogP contribution >= 0.6 is 0 Å². The molecule has 4 heteroatoms. The summed E-state index contributed by atoms with van der Waals surface area (Å²) < 4.78 is 0. The molecule has 0 unspecified atom stereocenters. The van der Waals surface area contributed by atoms with E-state index in [1.807, 2.05) is 20.0 Å². The zero-order valence-electron chi connectivity index (χ0n) is 12.6. The number of anilines is 1. The van der Waals surface area contributed by atoms with Crippen LogP contribution in [0, 0.1) is 13.8 Å². The fourth-order valence-corrected chi connectivity index (χ4v) is 2.84. The highest BCUT2D eigenvalue weighted by atomic mass is 15.2. The van der Waals surface area contributed by atoms with Gasteiger partial charge in [0.15, 0.2) is 0 Å². The van der Waals surface area contributed by atoms with Gasteiger partial charge in [0.05, 0.1) is 17.6 Å². The van der Waals surface area contributed by atoms with Crippen LogP contribution in [0.25, 0.3) is 0 Å². The van der Waals surface area contributed by atoms with Crippen molar-refractivity contribution in [2.45, 2.75) is 58.5 Å². The number of hydrogen-bond acceptors (Lipinski definition) is 4. The van der Waals surface area contributed by atoms with Crippen LogP contribution in [0.2, 0.25) is 0 Å². The Labute approximate surface area is 116 Å². The second-order valence-electron chi connectivity index (χ2n) is 5.57. The minimum atomic E-state index is 0.603. The van der Waals surface area contributed by atoms with E-state index in [1.165, 1.54) is 25.7 Å². The molecule has 0 saturated heterocycles. The average Bonchev–Trinajstić information content (AvgIpc) is 2.42. The maximum absolute atomic E-state index is 4.65. The van der Waals surface area contributed by atoms with Gasteiger partial charge in [0.25, 0.3) is 0 Å². The number of nitrogens with one attached hydrogen (secondary N) is 1. The minimum Gasteiger partial charge on any atom is -0.355 e. The van der Waals surface area contributed by atoms with E-state index >= 15 is 0 Å². The molecule has 4 nitrogen and oxygen atoms in total. The molecule has 19 heavy (non-hydrogen) atoms. The van der Waals surface area contributed by atoms with Gasteiger partial charge in [0, 0.05) is 19.1 Å². The van der Waals surface area contributed by atoms with Crippen LogP contribution in [0.1, 0.15) is 44.0 Å². The molecule has 1 aromatic rings. The molecule has 1 heterocycles. The second kappa shape index (κ2) is 6.33. The third-order valence-corrected chi connectivity index (χ3v) is 4.28. The Bertz CT molecular complexity index is 411. The molecule has 0 aromatic carbocycles. The standard InChI is InChI=1S/C15H26N4/c1-5-16-13-6-8-14(9-7-13)19(4)15-10-17-11(2)12(3)18-15/h10,13-14,16H,5-9H2,1-4H3. The molecule has 106 valence electrons. The van der Waals surface area contributed by atoms with Crippen molar-refractivity contribution in [1.82, 2.24) is 15.3 Å². The molecule has 0 amide bonds. The fourth-order valence-electron chi connectivity index (χ4n) is 2.84. The first-order valence-electron chi connectivity index (χ1n) is 7.38. The summed E-state index contributed by atoms with van der Waals surface area (Å²) in [7, 11) is 2.15. The molecular formula is C15H26N4. The number of rotatable bonds is 4. The molecule has 0 spiro atoms. The maximum atomic E-state index is 4.65. The zero-order chi connectivity index (χ0) is 13.8. The van der Waals surface area contributed by atoms with Gasteiger partial charge in [-0.05, 0) is 46.1 Å². The molecule has 1 fully saturated rings. The van der Waals surface area contributed by atoms with E-state index in [9.17, 15) is 0 Å². The zero-order valence-corrected chi connectivity index (χ0v) is 12.6. The van der Waals surface area contributed by atoms with Crippen molar-refractivity contribution in [3.8, 4) is 0 Å². The largest absolute Gasteiger partial charge is 0.355 e. The van der Waals surface area contributed by atoms with E-state index < -0.39 is 0 Å². The summed E-state index contributed by atoms with van der Waals surface area (Å²) in [6.45, 7) is 7.30. The molecule has 0 aliphatic heterocycles. The number of aryl methyl sites for hydroxylation is 2. The van der Waals surface area contributed by atoms with Crippen molar-refractivity contribution >= 4 is 5.82 Å². The van der Waals surface area contributed by atoms with Gasteiger partial charge in [-0.1, -0.05) is 6.92 Å². The third-order valence-electron chi connectivity index (χ3n) is 4.28. The fraction of sp³-hybridized carbons (Fsp3) is 0.733. The Morgan fingerprint density at radius 2 is 1.89 bits per heavy atom. The van der Waals surface area contributed by atoms with Crippen molar-refractivity contribution in [3.63, 3.8) is 0 Å². The Kier molecular flexibility index (Phi) is 4.75. The highest BCUT2D eigenvalue weighted by molar-refractivity contribution is 5.38. The lowest BCUT2D eigenvalue weighted by molar-refractivity contribution is 0.340. The van der Waals surface area contributed by atoms with Crippen LogP contribution in [0.3, 0.4) is 0 Å². The van der Waals surface area contributed by atoms with E-state index in [0.29, 0.717) is 12.1 Å². The number of nitrogens with zero attached hydrogens (tertiary/aromatic N) is 3. The summed E-state index contributed by atoms with van der Waals surface area (Å²) in [6.07, 6.45) is 6.91. The van der Waals surface area contributed by atoms with Crippen LogP contribution in [-0.2, 0) is 0 Å². The SMILES string of the molecule is CCNC1CCC(N(C)c2cnc(C)c(C)n2)CC1. The number of aromatic nitrogens is 2. The summed E-state index contributed by atoms with van der Waals surface area (Å²) in [5.41, 5.74) is 2.05. The second-order valence-corrected chi connectivity index (χ2v) is 5.57. The molecular weight excluding hydrogens is 236 g/mol. The average molecular weight is 262 g/mol. The van der Waals surface area contributed by atoms with Gasteiger partial charge in [0.1, 0.15) is 5.82 Å². The predicted molar refractivity (Wildman–Crippen MR) is 79.6 cm³/mol. The molecule has 0 atom stereocenters. The highest BCUT2D eigenvalue weighted by Gasteiger charge is 2.24. The Morgan fingerprint density at radius 3 is 2.47 bits per heavy atom. The molecule has 1 aliphatic rings. The molecule has 0 bridgehead atoms. The molecule has 1 saturated carbocycles. The summed E-state index contributed by atoms with van der Waals surface area (Å²) in [6, 6.07) is 1.31. The Morgan fingerprint density at radius 1 is 1.21 bits per heavy atom. The van der Waals surface area contributed by atoms with E-state index in [1.54, 1.807) is 0 Å². The highest BCUT2D eigenvalue weighted by Crippen LogP contribution is 2.25. The first-order chi connectivity index (χ1) is 9.11. The van der Waals surface area contributed by atoms with Gasteiger partial charge >= 0.3 is 0 Å². The van der Waals surface area contributed by atoms with Gasteiger partial charge in [-0.25, -0.2) is 4.98 Å². The molecule has 1 aromatic heterocycles. The van der Waals surface area contributed by atoms with Crippen LogP contribution in [-0.4, -0.2) is 35.6 Å². The topological polar surface area (TPSA) is 41.0 Å². The van der Waals surface area contributed by atoms with Crippen molar-refractivity contribution < 1.29 is 0 Å². The van der Waals surface area contributed by atoms with Gasteiger partial charge in [-0.2, -0.15) is 0 Å². The van der Waals surface area contributed by atoms with Gasteiger partial charge in [0.2, 0.25) is 0 Å². The smallest absolute Gasteiger partial charge is 0.147 e. The van der Waals surface area contributed by atoms with Crippen LogP contribution in [0.15, 0.2) is 6.20 Å². The number of hydrogen-bond donors (Lipinski definition) is 1. The van der Waals surface area contributed by atoms with E-state index in [-0.39, 0.29) is 0 Å². The summed E-state index contributed by atoms with van der Waals surface area (Å²) in [5.74, 6) is 1.01. The Hall–Kier alpha value is -1.16. The Balaban J connectivity index is 1.97. The van der Waals surface area contributed by atoms with E-state index in [2.05, 4.69) is 34.2 Å². The van der Waals surface area contributed by atoms with E-state index in [4.69, 9.17) is 0 Å². The summed E-state index contributed by atoms with van der Waals surface area (Å²) >= 11 is 0. The lowest BCUT2D eigenvalue weighted by Crippen LogP contribution is -2.41. The van der Waals surface area contributed by atoms with Crippen molar-refractivity contribution in [2.75, 3.05) is 18.5 Å². The minimum absolute atomic E-state index is 0.603. The monoisotopic (exact) mass is 262 g/mol. The van der Waals surface area contributed by atoms with Crippen LogP contribution in [0.4, 0.5) is 5.82 Å². The quantitative estimate of drug-likeness (QED) is 0.905. The van der Waals surface area contributed by atoms with Crippen LogP contribution in [0.5, 0.6) is 0 Å². The molecule has 1 aliphatic carbocycles. The maximum Gasteiger partial charge on any atom is 0.147 e.